The fourth-order valence-corrected chi connectivity index (χ4v) is 1.13. The molecule has 0 amide bonds. The van der Waals surface area contributed by atoms with E-state index < -0.39 is 0 Å². The van der Waals surface area contributed by atoms with Gasteiger partial charge in [-0.2, -0.15) is 12.6 Å². The van der Waals surface area contributed by atoms with Gasteiger partial charge >= 0.3 is 0 Å². The average Bonchev–Trinajstić information content (AvgIpc) is 2.20. The minimum absolute atomic E-state index is 0.556. The van der Waals surface area contributed by atoms with Crippen molar-refractivity contribution in [2.45, 2.75) is 6.92 Å². The average molecular weight is 213 g/mol. The SMILES string of the molecule is Cc1ncccc1OCCOCCS. The Morgan fingerprint density at radius 1 is 1.36 bits per heavy atom. The molecule has 3 nitrogen and oxygen atoms in total. The highest BCUT2D eigenvalue weighted by Crippen LogP contribution is 2.12. The number of ether oxygens (including phenoxy) is 2. The minimum atomic E-state index is 0.556. The number of hydrogen-bond donors (Lipinski definition) is 1. The van der Waals surface area contributed by atoms with Crippen molar-refractivity contribution in [2.75, 3.05) is 25.6 Å². The van der Waals surface area contributed by atoms with Crippen LogP contribution in [-0.4, -0.2) is 30.6 Å². The molecule has 0 aliphatic rings. The Hall–Kier alpha value is -0.740. The predicted octanol–water partition coefficient (Wildman–Crippen LogP) is 1.72. The largest absolute Gasteiger partial charge is 0.489 e. The first kappa shape index (κ1) is 11.3. The highest BCUT2D eigenvalue weighted by Gasteiger charge is 1.97. The van der Waals surface area contributed by atoms with Crippen LogP contribution in [0.25, 0.3) is 0 Å². The Bertz CT molecular complexity index is 268. The van der Waals surface area contributed by atoms with E-state index in [1.54, 1.807) is 6.20 Å². The van der Waals surface area contributed by atoms with E-state index in [4.69, 9.17) is 9.47 Å². The molecule has 14 heavy (non-hydrogen) atoms. The van der Waals surface area contributed by atoms with Crippen LogP contribution < -0.4 is 4.74 Å². The molecule has 1 rings (SSSR count). The van der Waals surface area contributed by atoms with Crippen molar-refractivity contribution in [3.05, 3.63) is 24.0 Å². The first-order valence-electron chi connectivity index (χ1n) is 4.57. The summed E-state index contributed by atoms with van der Waals surface area (Å²) < 4.78 is 10.7. The molecule has 1 aromatic rings. The van der Waals surface area contributed by atoms with Gasteiger partial charge in [0.2, 0.25) is 0 Å². The first-order valence-corrected chi connectivity index (χ1v) is 5.21. The lowest BCUT2D eigenvalue weighted by atomic mass is 10.3. The summed E-state index contributed by atoms with van der Waals surface area (Å²) in [6.45, 7) is 3.73. The molecule has 0 bridgehead atoms. The molecule has 1 aromatic heterocycles. The zero-order valence-corrected chi connectivity index (χ0v) is 9.17. The summed E-state index contributed by atoms with van der Waals surface area (Å²) >= 11 is 4.03. The molecule has 0 saturated carbocycles. The molecule has 0 aliphatic carbocycles. The third-order valence-corrected chi connectivity index (χ3v) is 1.86. The van der Waals surface area contributed by atoms with E-state index in [9.17, 15) is 0 Å². The van der Waals surface area contributed by atoms with Gasteiger partial charge in [0.05, 0.1) is 18.9 Å². The van der Waals surface area contributed by atoms with Crippen LogP contribution in [0.15, 0.2) is 18.3 Å². The fourth-order valence-electron chi connectivity index (χ4n) is 0.999. The van der Waals surface area contributed by atoms with Crippen molar-refractivity contribution < 1.29 is 9.47 Å². The van der Waals surface area contributed by atoms with Crippen LogP contribution in [-0.2, 0) is 4.74 Å². The number of pyridine rings is 1. The van der Waals surface area contributed by atoms with E-state index in [0.29, 0.717) is 19.8 Å². The normalized spacial score (nSPS) is 10.1. The van der Waals surface area contributed by atoms with E-state index in [2.05, 4.69) is 17.6 Å². The molecule has 0 aromatic carbocycles. The summed E-state index contributed by atoms with van der Waals surface area (Å²) in [4.78, 5) is 4.12. The summed E-state index contributed by atoms with van der Waals surface area (Å²) in [5, 5.41) is 0. The summed E-state index contributed by atoms with van der Waals surface area (Å²) in [7, 11) is 0. The van der Waals surface area contributed by atoms with Gasteiger partial charge in [0.15, 0.2) is 0 Å². The van der Waals surface area contributed by atoms with Crippen LogP contribution in [0.1, 0.15) is 5.69 Å². The quantitative estimate of drug-likeness (QED) is 0.576. The van der Waals surface area contributed by atoms with Crippen molar-refractivity contribution in [1.82, 2.24) is 4.98 Å². The van der Waals surface area contributed by atoms with Crippen LogP contribution >= 0.6 is 12.6 Å². The molecule has 4 heteroatoms. The van der Waals surface area contributed by atoms with Crippen molar-refractivity contribution >= 4 is 12.6 Å². The molecule has 78 valence electrons. The van der Waals surface area contributed by atoms with Crippen LogP contribution in [0.2, 0.25) is 0 Å². The van der Waals surface area contributed by atoms with Gasteiger partial charge in [0.25, 0.3) is 0 Å². The summed E-state index contributed by atoms with van der Waals surface area (Å²) in [6.07, 6.45) is 1.75. The van der Waals surface area contributed by atoms with Gasteiger partial charge < -0.3 is 9.47 Å². The maximum Gasteiger partial charge on any atom is 0.140 e. The molecule has 1 heterocycles. The lowest BCUT2D eigenvalue weighted by molar-refractivity contribution is 0.112. The fraction of sp³-hybridized carbons (Fsp3) is 0.500. The highest BCUT2D eigenvalue weighted by atomic mass is 32.1. The second-order valence-electron chi connectivity index (χ2n) is 2.77. The molecular weight excluding hydrogens is 198 g/mol. The smallest absolute Gasteiger partial charge is 0.140 e. The lowest BCUT2D eigenvalue weighted by Gasteiger charge is -2.07. The van der Waals surface area contributed by atoms with E-state index in [0.717, 1.165) is 17.2 Å². The molecule has 0 unspecified atom stereocenters. The zero-order chi connectivity index (χ0) is 10.2. The maximum absolute atomic E-state index is 5.47. The van der Waals surface area contributed by atoms with Gasteiger partial charge in [-0.05, 0) is 19.1 Å². The van der Waals surface area contributed by atoms with Crippen molar-refractivity contribution in [1.29, 1.82) is 0 Å². The van der Waals surface area contributed by atoms with Crippen molar-refractivity contribution in [3.63, 3.8) is 0 Å². The third-order valence-electron chi connectivity index (χ3n) is 1.68. The van der Waals surface area contributed by atoms with E-state index >= 15 is 0 Å². The second-order valence-corrected chi connectivity index (χ2v) is 3.22. The first-order chi connectivity index (χ1) is 6.84. The molecule has 0 N–H and O–H groups in total. The van der Waals surface area contributed by atoms with Crippen LogP contribution in [0.4, 0.5) is 0 Å². The number of aromatic nitrogens is 1. The number of nitrogens with zero attached hydrogens (tertiary/aromatic N) is 1. The molecule has 0 aliphatic heterocycles. The number of hydrogen-bond acceptors (Lipinski definition) is 4. The predicted molar refractivity (Wildman–Crippen MR) is 59.1 cm³/mol. The van der Waals surface area contributed by atoms with Gasteiger partial charge in [0, 0.05) is 11.9 Å². The monoisotopic (exact) mass is 213 g/mol. The van der Waals surface area contributed by atoms with E-state index in [1.165, 1.54) is 0 Å². The number of rotatable bonds is 6. The van der Waals surface area contributed by atoms with Crippen molar-refractivity contribution in [3.8, 4) is 5.75 Å². The lowest BCUT2D eigenvalue weighted by Crippen LogP contribution is -2.08. The Labute approximate surface area is 89.9 Å². The highest BCUT2D eigenvalue weighted by molar-refractivity contribution is 7.80. The van der Waals surface area contributed by atoms with Gasteiger partial charge in [-0.15, -0.1) is 0 Å². The molecule has 0 fully saturated rings. The van der Waals surface area contributed by atoms with E-state index in [-0.39, 0.29) is 0 Å². The van der Waals surface area contributed by atoms with Gasteiger partial charge in [-0.3, -0.25) is 4.98 Å². The zero-order valence-electron chi connectivity index (χ0n) is 8.27. The molecular formula is C10H15NO2S. The summed E-state index contributed by atoms with van der Waals surface area (Å²) in [5.74, 6) is 1.56. The van der Waals surface area contributed by atoms with Crippen LogP contribution in [0.3, 0.4) is 0 Å². The number of thiol groups is 1. The molecule has 0 atom stereocenters. The number of aryl methyl sites for hydroxylation is 1. The topological polar surface area (TPSA) is 31.4 Å². The Kier molecular flexibility index (Phi) is 5.40. The second kappa shape index (κ2) is 6.68. The van der Waals surface area contributed by atoms with Crippen molar-refractivity contribution in [2.24, 2.45) is 0 Å². The Balaban J connectivity index is 2.21. The van der Waals surface area contributed by atoms with Crippen LogP contribution in [0, 0.1) is 6.92 Å². The molecule has 0 radical (unpaired) electrons. The molecule has 0 spiro atoms. The standard InChI is InChI=1S/C10H15NO2S/c1-9-10(3-2-4-11-9)13-6-5-12-7-8-14/h2-4,14H,5-8H2,1H3. The molecule has 0 saturated heterocycles. The third kappa shape index (κ3) is 3.98. The van der Waals surface area contributed by atoms with Gasteiger partial charge in [-0.1, -0.05) is 0 Å². The summed E-state index contributed by atoms with van der Waals surface area (Å²) in [6, 6.07) is 3.76. The Morgan fingerprint density at radius 3 is 2.93 bits per heavy atom. The van der Waals surface area contributed by atoms with Crippen LogP contribution in [0.5, 0.6) is 5.75 Å². The maximum atomic E-state index is 5.47. The van der Waals surface area contributed by atoms with Gasteiger partial charge in [-0.25, -0.2) is 0 Å². The minimum Gasteiger partial charge on any atom is -0.489 e. The van der Waals surface area contributed by atoms with E-state index in [1.807, 2.05) is 19.1 Å². The Morgan fingerprint density at radius 2 is 2.21 bits per heavy atom. The summed E-state index contributed by atoms with van der Waals surface area (Å²) in [5.41, 5.74) is 0.904. The van der Waals surface area contributed by atoms with Gasteiger partial charge in [0.1, 0.15) is 12.4 Å².